The molecule has 0 bridgehead atoms. The maximum absolute atomic E-state index is 11.2. The fraction of sp³-hybridized carbons (Fsp3) is 0.667. The standard InChI is InChI=1S/C9H14O10/c1-3(11)6(18-8(14)15)7(19-9(16)17)5(13)4(12)2-10/h4-7,10,12-13H,2H2,1H3,(H,14,15)(H,16,17). The lowest BCUT2D eigenvalue weighted by molar-refractivity contribution is -0.151. The van der Waals surface area contributed by atoms with E-state index >= 15 is 0 Å². The van der Waals surface area contributed by atoms with E-state index in [-0.39, 0.29) is 0 Å². The van der Waals surface area contributed by atoms with E-state index in [4.69, 9.17) is 15.3 Å². The van der Waals surface area contributed by atoms with Gasteiger partial charge in [-0.1, -0.05) is 0 Å². The Labute approximate surface area is 106 Å². The summed E-state index contributed by atoms with van der Waals surface area (Å²) >= 11 is 0. The van der Waals surface area contributed by atoms with Crippen LogP contribution in [0, 0.1) is 0 Å². The number of ketones is 1. The van der Waals surface area contributed by atoms with Gasteiger partial charge < -0.3 is 35.0 Å². The third kappa shape index (κ3) is 5.50. The fourth-order valence-electron chi connectivity index (χ4n) is 1.24. The largest absolute Gasteiger partial charge is 0.506 e. The molecule has 0 spiro atoms. The molecule has 0 saturated heterocycles. The van der Waals surface area contributed by atoms with E-state index in [0.717, 1.165) is 6.92 Å². The SMILES string of the molecule is CC(=O)C(OC(=O)O)C(OC(=O)O)C(O)C(O)CO. The van der Waals surface area contributed by atoms with Crippen molar-refractivity contribution in [1.29, 1.82) is 0 Å². The van der Waals surface area contributed by atoms with Crippen molar-refractivity contribution in [3.05, 3.63) is 0 Å². The van der Waals surface area contributed by atoms with Gasteiger partial charge >= 0.3 is 12.3 Å². The lowest BCUT2D eigenvalue weighted by atomic mass is 10.0. The highest BCUT2D eigenvalue weighted by Crippen LogP contribution is 2.14. The molecule has 10 nitrogen and oxygen atoms in total. The molecular formula is C9H14O10. The Hall–Kier alpha value is -1.91. The molecule has 0 aromatic rings. The van der Waals surface area contributed by atoms with Crippen LogP contribution >= 0.6 is 0 Å². The first-order valence-electron chi connectivity index (χ1n) is 4.97. The Bertz CT molecular complexity index is 340. The molecule has 0 aromatic carbocycles. The zero-order valence-corrected chi connectivity index (χ0v) is 9.79. The van der Waals surface area contributed by atoms with Gasteiger partial charge in [-0.3, -0.25) is 4.79 Å². The highest BCUT2D eigenvalue weighted by Gasteiger charge is 2.41. The minimum atomic E-state index is -2.05. The maximum atomic E-state index is 11.2. The van der Waals surface area contributed by atoms with Crippen molar-refractivity contribution in [3.8, 4) is 0 Å². The number of carboxylic acid groups (broad SMARTS) is 2. The number of ether oxygens (including phenoxy) is 2. The van der Waals surface area contributed by atoms with Gasteiger partial charge in [-0.05, 0) is 6.92 Å². The third-order valence-corrected chi connectivity index (χ3v) is 2.08. The smallest absolute Gasteiger partial charge is 0.450 e. The molecule has 19 heavy (non-hydrogen) atoms. The Balaban J connectivity index is 5.21. The van der Waals surface area contributed by atoms with Gasteiger partial charge in [-0.25, -0.2) is 9.59 Å². The van der Waals surface area contributed by atoms with E-state index in [2.05, 4.69) is 9.47 Å². The summed E-state index contributed by atoms with van der Waals surface area (Å²) in [6.07, 6.45) is -11.7. The molecule has 0 fully saturated rings. The Morgan fingerprint density at radius 1 is 1.05 bits per heavy atom. The maximum Gasteiger partial charge on any atom is 0.506 e. The topological polar surface area (TPSA) is 171 Å². The predicted molar refractivity (Wildman–Crippen MR) is 55.6 cm³/mol. The quantitative estimate of drug-likeness (QED) is 0.343. The molecule has 0 aliphatic carbocycles. The minimum absolute atomic E-state index is 0.879. The van der Waals surface area contributed by atoms with Gasteiger partial charge in [0.05, 0.1) is 6.61 Å². The first kappa shape index (κ1) is 17.1. The van der Waals surface area contributed by atoms with Gasteiger partial charge in [0.25, 0.3) is 0 Å². The highest BCUT2D eigenvalue weighted by molar-refractivity contribution is 5.83. The van der Waals surface area contributed by atoms with Gasteiger partial charge in [0, 0.05) is 0 Å². The number of carbonyl (C=O) groups is 3. The Morgan fingerprint density at radius 3 is 1.84 bits per heavy atom. The van der Waals surface area contributed by atoms with Crippen LogP contribution in [0.3, 0.4) is 0 Å². The van der Waals surface area contributed by atoms with Crippen LogP contribution in [-0.4, -0.2) is 74.6 Å². The van der Waals surface area contributed by atoms with Crippen molar-refractivity contribution >= 4 is 18.1 Å². The molecule has 0 aliphatic rings. The van der Waals surface area contributed by atoms with E-state index < -0.39 is 49.1 Å². The first-order chi connectivity index (χ1) is 8.70. The molecule has 5 N–H and O–H groups in total. The second-order valence-corrected chi connectivity index (χ2v) is 3.50. The zero-order valence-electron chi connectivity index (χ0n) is 9.79. The molecule has 0 aliphatic heterocycles. The minimum Gasteiger partial charge on any atom is -0.450 e. The molecule has 0 amide bonds. The van der Waals surface area contributed by atoms with Crippen LogP contribution in [0.15, 0.2) is 0 Å². The van der Waals surface area contributed by atoms with Crippen molar-refractivity contribution in [1.82, 2.24) is 0 Å². The van der Waals surface area contributed by atoms with Crippen molar-refractivity contribution < 1.29 is 49.4 Å². The van der Waals surface area contributed by atoms with Gasteiger partial charge in [0.15, 0.2) is 11.9 Å². The molecule has 4 atom stereocenters. The van der Waals surface area contributed by atoms with Crippen molar-refractivity contribution in [2.45, 2.75) is 31.3 Å². The van der Waals surface area contributed by atoms with Crippen LogP contribution in [0.5, 0.6) is 0 Å². The first-order valence-corrected chi connectivity index (χ1v) is 4.97. The molecule has 4 unspecified atom stereocenters. The van der Waals surface area contributed by atoms with E-state index in [9.17, 15) is 24.6 Å². The summed E-state index contributed by atoms with van der Waals surface area (Å²) in [5, 5.41) is 44.2. The van der Waals surface area contributed by atoms with Crippen LogP contribution in [0.1, 0.15) is 6.92 Å². The third-order valence-electron chi connectivity index (χ3n) is 2.08. The van der Waals surface area contributed by atoms with E-state index in [1.807, 2.05) is 0 Å². The number of aliphatic hydroxyl groups excluding tert-OH is 3. The van der Waals surface area contributed by atoms with E-state index in [0.29, 0.717) is 0 Å². The molecule has 0 heterocycles. The van der Waals surface area contributed by atoms with Crippen LogP contribution < -0.4 is 0 Å². The zero-order chi connectivity index (χ0) is 15.2. The van der Waals surface area contributed by atoms with E-state index in [1.54, 1.807) is 0 Å². The van der Waals surface area contributed by atoms with Crippen LogP contribution in [0.2, 0.25) is 0 Å². The number of Topliss-reactive ketones (excluding diaryl/α,β-unsaturated/α-hetero) is 1. The van der Waals surface area contributed by atoms with Crippen molar-refractivity contribution in [3.63, 3.8) is 0 Å². The number of hydrogen-bond donors (Lipinski definition) is 5. The average molecular weight is 282 g/mol. The molecule has 10 heteroatoms. The van der Waals surface area contributed by atoms with Crippen LogP contribution in [0.25, 0.3) is 0 Å². The molecular weight excluding hydrogens is 268 g/mol. The number of carbonyl (C=O) groups excluding carboxylic acids is 1. The molecule has 0 rings (SSSR count). The number of hydrogen-bond acceptors (Lipinski definition) is 8. The van der Waals surface area contributed by atoms with Crippen molar-refractivity contribution in [2.24, 2.45) is 0 Å². The number of rotatable bonds is 7. The summed E-state index contributed by atoms with van der Waals surface area (Å²) in [7, 11) is 0. The monoisotopic (exact) mass is 282 g/mol. The molecule has 0 aromatic heterocycles. The summed E-state index contributed by atoms with van der Waals surface area (Å²) in [6, 6.07) is 0. The second kappa shape index (κ2) is 7.51. The lowest BCUT2D eigenvalue weighted by Crippen LogP contribution is -2.51. The summed E-state index contributed by atoms with van der Waals surface area (Å²) in [6.45, 7) is -0.0811. The predicted octanol–water partition coefficient (Wildman–Crippen LogP) is -1.58. The summed E-state index contributed by atoms with van der Waals surface area (Å²) in [5.41, 5.74) is 0. The summed E-state index contributed by atoms with van der Waals surface area (Å²) in [4.78, 5) is 32.0. The average Bonchev–Trinajstić information content (AvgIpc) is 2.30. The second-order valence-electron chi connectivity index (χ2n) is 3.50. The molecule has 0 saturated carbocycles. The summed E-state index contributed by atoms with van der Waals surface area (Å²) in [5.74, 6) is -0.946. The van der Waals surface area contributed by atoms with Gasteiger partial charge in [-0.2, -0.15) is 0 Å². The number of aliphatic hydroxyl groups is 3. The van der Waals surface area contributed by atoms with E-state index in [1.165, 1.54) is 0 Å². The van der Waals surface area contributed by atoms with Crippen LogP contribution in [-0.2, 0) is 14.3 Å². The fourth-order valence-corrected chi connectivity index (χ4v) is 1.24. The highest BCUT2D eigenvalue weighted by atomic mass is 16.7. The van der Waals surface area contributed by atoms with Gasteiger partial charge in [0.1, 0.15) is 12.2 Å². The van der Waals surface area contributed by atoms with Gasteiger partial charge in [-0.15, -0.1) is 0 Å². The van der Waals surface area contributed by atoms with Crippen molar-refractivity contribution in [2.75, 3.05) is 6.61 Å². The molecule has 110 valence electrons. The molecule has 0 radical (unpaired) electrons. The Morgan fingerprint density at radius 2 is 1.53 bits per heavy atom. The summed E-state index contributed by atoms with van der Waals surface area (Å²) < 4.78 is 8.26. The Kier molecular flexibility index (Phi) is 6.75. The van der Waals surface area contributed by atoms with Crippen LogP contribution in [0.4, 0.5) is 9.59 Å². The normalized spacial score (nSPS) is 16.8. The van der Waals surface area contributed by atoms with Gasteiger partial charge in [0.2, 0.25) is 6.10 Å². The lowest BCUT2D eigenvalue weighted by Gasteiger charge is -2.28.